The first kappa shape index (κ1) is 19.2. The van der Waals surface area contributed by atoms with Crippen molar-refractivity contribution in [2.75, 3.05) is 20.2 Å². The lowest BCUT2D eigenvalue weighted by atomic mass is 9.83. The fraction of sp³-hybridized carbons (Fsp3) is 0.550. The van der Waals surface area contributed by atoms with Crippen molar-refractivity contribution in [1.82, 2.24) is 14.7 Å². The van der Waals surface area contributed by atoms with Crippen molar-refractivity contribution in [1.29, 1.82) is 0 Å². The number of ether oxygens (including phenoxy) is 2. The van der Waals surface area contributed by atoms with Crippen LogP contribution in [0.25, 0.3) is 0 Å². The molecule has 3 atom stereocenters. The highest BCUT2D eigenvalue weighted by Gasteiger charge is 2.40. The van der Waals surface area contributed by atoms with Crippen molar-refractivity contribution in [3.63, 3.8) is 0 Å². The van der Waals surface area contributed by atoms with Crippen LogP contribution < -0.4 is 4.74 Å². The summed E-state index contributed by atoms with van der Waals surface area (Å²) in [5.41, 5.74) is 2.73. The molecule has 4 rings (SSSR count). The fourth-order valence-corrected chi connectivity index (χ4v) is 4.37. The first-order valence-corrected chi connectivity index (χ1v) is 9.30. The average Bonchev–Trinajstić information content (AvgIpc) is 3.13. The lowest BCUT2D eigenvalue weighted by molar-refractivity contribution is -0.128. The molecule has 2 aromatic rings. The second kappa shape index (κ2) is 8.42. The van der Waals surface area contributed by atoms with Crippen molar-refractivity contribution >= 4 is 12.4 Å². The maximum Gasteiger partial charge on any atom is 0.122 e. The van der Waals surface area contributed by atoms with Crippen molar-refractivity contribution < 1.29 is 9.47 Å². The van der Waals surface area contributed by atoms with Crippen LogP contribution in [0, 0.1) is 0 Å². The average molecular weight is 378 g/mol. The van der Waals surface area contributed by atoms with E-state index in [2.05, 4.69) is 35.1 Å². The Morgan fingerprint density at radius 3 is 2.88 bits per heavy atom. The number of fused-ring (bicyclic) bond motifs is 2. The van der Waals surface area contributed by atoms with E-state index in [0.717, 1.165) is 38.2 Å². The van der Waals surface area contributed by atoms with Gasteiger partial charge in [-0.2, -0.15) is 5.10 Å². The summed E-state index contributed by atoms with van der Waals surface area (Å²) in [5.74, 6) is 0.996. The minimum Gasteiger partial charge on any atom is -0.496 e. The Kier molecular flexibility index (Phi) is 6.22. The molecule has 0 N–H and O–H groups in total. The van der Waals surface area contributed by atoms with Crippen molar-refractivity contribution in [3.8, 4) is 5.75 Å². The number of hydrogen-bond donors (Lipinski definition) is 0. The number of aromatic nitrogens is 2. The highest BCUT2D eigenvalue weighted by atomic mass is 35.5. The SMILES string of the molecule is CCCN1C[C@@H](Cn2cccn2)O[C@H]2Cc3c(cccc3OC)C[C@@H]21.Cl. The second-order valence-electron chi connectivity index (χ2n) is 7.09. The number of rotatable bonds is 5. The summed E-state index contributed by atoms with van der Waals surface area (Å²) < 4.78 is 14.1. The van der Waals surface area contributed by atoms with E-state index in [4.69, 9.17) is 9.47 Å². The van der Waals surface area contributed by atoms with E-state index in [1.54, 1.807) is 7.11 Å². The zero-order valence-electron chi connectivity index (χ0n) is 15.5. The lowest BCUT2D eigenvalue weighted by Crippen LogP contribution is -2.58. The van der Waals surface area contributed by atoms with Crippen molar-refractivity contribution in [3.05, 3.63) is 47.8 Å². The predicted molar refractivity (Wildman–Crippen MR) is 104 cm³/mol. The number of morpholine rings is 1. The number of benzene rings is 1. The minimum absolute atomic E-state index is 0. The Morgan fingerprint density at radius 1 is 1.27 bits per heavy atom. The van der Waals surface area contributed by atoms with Gasteiger partial charge < -0.3 is 9.47 Å². The first-order valence-electron chi connectivity index (χ1n) is 9.30. The third-order valence-electron chi connectivity index (χ3n) is 5.45. The predicted octanol–water partition coefficient (Wildman–Crippen LogP) is 2.96. The van der Waals surface area contributed by atoms with Gasteiger partial charge in [-0.25, -0.2) is 0 Å². The van der Waals surface area contributed by atoms with Crippen molar-refractivity contribution in [2.24, 2.45) is 0 Å². The fourth-order valence-electron chi connectivity index (χ4n) is 4.37. The number of hydrogen-bond acceptors (Lipinski definition) is 4. The normalized spacial score (nSPS) is 25.1. The van der Waals surface area contributed by atoms with E-state index < -0.39 is 0 Å². The summed E-state index contributed by atoms with van der Waals surface area (Å²) in [6.07, 6.45) is 7.40. The zero-order valence-corrected chi connectivity index (χ0v) is 16.3. The monoisotopic (exact) mass is 377 g/mol. The van der Waals surface area contributed by atoms with Crippen LogP contribution in [-0.2, 0) is 24.1 Å². The molecule has 0 amide bonds. The molecule has 2 aliphatic rings. The molecule has 0 saturated carbocycles. The summed E-state index contributed by atoms with van der Waals surface area (Å²) >= 11 is 0. The van der Waals surface area contributed by atoms with Crippen LogP contribution in [0.15, 0.2) is 36.7 Å². The molecule has 1 fully saturated rings. The number of halogens is 1. The van der Waals surface area contributed by atoms with Crippen LogP contribution in [-0.4, -0.2) is 53.1 Å². The molecular formula is C20H28ClN3O2. The quantitative estimate of drug-likeness (QED) is 0.803. The van der Waals surface area contributed by atoms with Gasteiger partial charge in [0, 0.05) is 31.4 Å². The van der Waals surface area contributed by atoms with Gasteiger partial charge in [-0.15, -0.1) is 12.4 Å². The zero-order chi connectivity index (χ0) is 17.2. The molecule has 1 saturated heterocycles. The van der Waals surface area contributed by atoms with Crippen LogP contribution in [0.3, 0.4) is 0 Å². The topological polar surface area (TPSA) is 39.5 Å². The van der Waals surface area contributed by atoms with Crippen LogP contribution in [0.2, 0.25) is 0 Å². The standard InChI is InChI=1S/C20H27N3O2.ClH/c1-3-9-22-13-16(14-23-10-5-8-21-23)25-20-12-17-15(11-18(20)22)6-4-7-19(17)24-2;/h4-8,10,16,18,20H,3,9,11-14H2,1-2H3;1H/t16-,18-,20-;/m0./s1. The molecule has 0 spiro atoms. The molecule has 1 aliphatic carbocycles. The van der Waals surface area contributed by atoms with E-state index in [-0.39, 0.29) is 24.6 Å². The molecule has 2 heterocycles. The molecule has 0 bridgehead atoms. The van der Waals surface area contributed by atoms with Gasteiger partial charge in [0.05, 0.1) is 25.9 Å². The largest absolute Gasteiger partial charge is 0.496 e. The van der Waals surface area contributed by atoms with Gasteiger partial charge in [-0.3, -0.25) is 9.58 Å². The van der Waals surface area contributed by atoms with Crippen LogP contribution >= 0.6 is 12.4 Å². The molecule has 26 heavy (non-hydrogen) atoms. The molecule has 6 heteroatoms. The first-order chi connectivity index (χ1) is 12.3. The van der Waals surface area contributed by atoms with Gasteiger partial charge in [0.25, 0.3) is 0 Å². The van der Waals surface area contributed by atoms with Crippen LogP contribution in [0.4, 0.5) is 0 Å². The van der Waals surface area contributed by atoms with Gasteiger partial charge in [0.1, 0.15) is 5.75 Å². The summed E-state index contributed by atoms with van der Waals surface area (Å²) in [6.45, 7) is 5.18. The van der Waals surface area contributed by atoms with E-state index in [1.165, 1.54) is 17.5 Å². The Bertz CT molecular complexity index is 707. The molecule has 1 aromatic carbocycles. The van der Waals surface area contributed by atoms with Crippen LogP contribution in [0.5, 0.6) is 5.75 Å². The highest BCUT2D eigenvalue weighted by Crippen LogP contribution is 2.35. The van der Waals surface area contributed by atoms with Crippen LogP contribution in [0.1, 0.15) is 24.5 Å². The van der Waals surface area contributed by atoms with Gasteiger partial charge in [-0.1, -0.05) is 19.1 Å². The molecule has 0 radical (unpaired) electrons. The highest BCUT2D eigenvalue weighted by molar-refractivity contribution is 5.85. The molecule has 5 nitrogen and oxygen atoms in total. The third-order valence-corrected chi connectivity index (χ3v) is 5.45. The Balaban J connectivity index is 0.00000196. The summed E-state index contributed by atoms with van der Waals surface area (Å²) in [5, 5.41) is 4.35. The molecule has 142 valence electrons. The Hall–Kier alpha value is -1.56. The molecule has 1 aromatic heterocycles. The lowest BCUT2D eigenvalue weighted by Gasteiger charge is -2.47. The maximum absolute atomic E-state index is 6.54. The third kappa shape index (κ3) is 3.75. The molecule has 1 aliphatic heterocycles. The van der Waals surface area contributed by atoms with E-state index >= 15 is 0 Å². The van der Waals surface area contributed by atoms with Crippen molar-refractivity contribution in [2.45, 2.75) is 51.0 Å². The van der Waals surface area contributed by atoms with Gasteiger partial charge in [0.2, 0.25) is 0 Å². The smallest absolute Gasteiger partial charge is 0.122 e. The number of nitrogens with zero attached hydrogens (tertiary/aromatic N) is 3. The minimum atomic E-state index is 0. The number of methoxy groups -OCH3 is 1. The van der Waals surface area contributed by atoms with E-state index in [1.807, 2.05) is 23.1 Å². The van der Waals surface area contributed by atoms with E-state index in [9.17, 15) is 0 Å². The molecule has 0 unspecified atom stereocenters. The molecular weight excluding hydrogens is 350 g/mol. The summed E-state index contributed by atoms with van der Waals surface area (Å²) in [6, 6.07) is 8.85. The summed E-state index contributed by atoms with van der Waals surface area (Å²) in [7, 11) is 1.76. The second-order valence-corrected chi connectivity index (χ2v) is 7.09. The summed E-state index contributed by atoms with van der Waals surface area (Å²) in [4.78, 5) is 2.63. The van der Waals surface area contributed by atoms with E-state index in [0.29, 0.717) is 6.04 Å². The van der Waals surface area contributed by atoms with Gasteiger partial charge >= 0.3 is 0 Å². The van der Waals surface area contributed by atoms with Gasteiger partial charge in [0.15, 0.2) is 0 Å². The van der Waals surface area contributed by atoms with Gasteiger partial charge in [-0.05, 0) is 42.6 Å². The maximum atomic E-state index is 6.54. The Labute approximate surface area is 161 Å². The Morgan fingerprint density at radius 2 is 2.15 bits per heavy atom.